The van der Waals surface area contributed by atoms with E-state index in [4.69, 9.17) is 0 Å². The second kappa shape index (κ2) is 8.42. The molecule has 13 heteroatoms. The molecule has 0 saturated carbocycles. The standard InChI is InChI=1S/C21H15F3N6O4/c1-12-5-6-16(17(7-12)30(33)34)27-18(31)10-28-11-25-19-15(20(28)32)9-26-29(19)14-4-2-3-13(8-14)21(22,23)24/h2-9,11H,10H2,1H3,(H,27,31). The summed E-state index contributed by atoms with van der Waals surface area (Å²) in [7, 11) is 0. The summed E-state index contributed by atoms with van der Waals surface area (Å²) in [6.45, 7) is 1.17. The van der Waals surface area contributed by atoms with Gasteiger partial charge in [-0.05, 0) is 36.8 Å². The number of anilines is 1. The Kier molecular flexibility index (Phi) is 5.61. The highest BCUT2D eigenvalue weighted by Crippen LogP contribution is 2.30. The third-order valence-electron chi connectivity index (χ3n) is 4.91. The van der Waals surface area contributed by atoms with Crippen LogP contribution >= 0.6 is 0 Å². The maximum absolute atomic E-state index is 13.0. The van der Waals surface area contributed by atoms with Crippen molar-refractivity contribution in [2.45, 2.75) is 19.6 Å². The average Bonchev–Trinajstić information content (AvgIpc) is 3.21. The molecule has 0 unspecified atom stereocenters. The van der Waals surface area contributed by atoms with E-state index in [0.29, 0.717) is 5.56 Å². The molecule has 1 amide bonds. The number of carbonyl (C=O) groups is 1. The van der Waals surface area contributed by atoms with Crippen molar-refractivity contribution in [2.75, 3.05) is 5.32 Å². The van der Waals surface area contributed by atoms with E-state index in [1.54, 1.807) is 13.0 Å². The maximum atomic E-state index is 13.0. The summed E-state index contributed by atoms with van der Waals surface area (Å²) in [6.07, 6.45) is -2.36. The number of nitro benzene ring substituents is 1. The Morgan fingerprint density at radius 1 is 1.21 bits per heavy atom. The molecule has 0 saturated heterocycles. The van der Waals surface area contributed by atoms with Crippen molar-refractivity contribution in [3.05, 3.63) is 86.6 Å². The van der Waals surface area contributed by atoms with Gasteiger partial charge in [0.25, 0.3) is 11.2 Å². The molecule has 2 aromatic heterocycles. The van der Waals surface area contributed by atoms with Gasteiger partial charge >= 0.3 is 6.18 Å². The minimum absolute atomic E-state index is 0.00940. The van der Waals surface area contributed by atoms with Gasteiger partial charge < -0.3 is 5.32 Å². The van der Waals surface area contributed by atoms with Gasteiger partial charge in [-0.3, -0.25) is 24.3 Å². The minimum atomic E-state index is -4.56. The molecular formula is C21H15F3N6O4. The Morgan fingerprint density at radius 3 is 2.68 bits per heavy atom. The number of carbonyl (C=O) groups excluding carboxylic acids is 1. The van der Waals surface area contributed by atoms with E-state index < -0.39 is 34.7 Å². The molecule has 0 aliphatic carbocycles. The monoisotopic (exact) mass is 472 g/mol. The van der Waals surface area contributed by atoms with E-state index in [2.05, 4.69) is 15.4 Å². The molecule has 4 aromatic rings. The van der Waals surface area contributed by atoms with Crippen molar-refractivity contribution >= 4 is 28.3 Å². The highest BCUT2D eigenvalue weighted by Gasteiger charge is 2.30. The number of fused-ring (bicyclic) bond motifs is 1. The number of nitrogens with zero attached hydrogens (tertiary/aromatic N) is 5. The number of nitro groups is 1. The maximum Gasteiger partial charge on any atom is 0.416 e. The van der Waals surface area contributed by atoms with Gasteiger partial charge in [0.05, 0.1) is 22.4 Å². The molecule has 174 valence electrons. The Morgan fingerprint density at radius 2 is 1.97 bits per heavy atom. The molecule has 0 aliphatic rings. The lowest BCUT2D eigenvalue weighted by Crippen LogP contribution is -2.28. The first-order valence-electron chi connectivity index (χ1n) is 9.70. The molecule has 2 aromatic carbocycles. The topological polar surface area (TPSA) is 125 Å². The van der Waals surface area contributed by atoms with Crippen molar-refractivity contribution in [1.82, 2.24) is 19.3 Å². The predicted molar refractivity (Wildman–Crippen MR) is 115 cm³/mol. The number of alkyl halides is 3. The van der Waals surface area contributed by atoms with Crippen molar-refractivity contribution in [3.8, 4) is 5.69 Å². The molecule has 1 N–H and O–H groups in total. The number of aryl methyl sites for hydroxylation is 1. The summed E-state index contributed by atoms with van der Waals surface area (Å²) in [5.74, 6) is -0.708. The lowest BCUT2D eigenvalue weighted by molar-refractivity contribution is -0.384. The smallest absolute Gasteiger partial charge is 0.319 e. The summed E-state index contributed by atoms with van der Waals surface area (Å²) >= 11 is 0. The Hall–Kier alpha value is -4.55. The van der Waals surface area contributed by atoms with Crippen molar-refractivity contribution < 1.29 is 22.9 Å². The molecule has 4 rings (SSSR count). The highest BCUT2D eigenvalue weighted by atomic mass is 19.4. The third kappa shape index (κ3) is 4.35. The lowest BCUT2D eigenvalue weighted by Gasteiger charge is -2.10. The van der Waals surface area contributed by atoms with Crippen LogP contribution in [0, 0.1) is 17.0 Å². The van der Waals surface area contributed by atoms with Crippen LogP contribution in [0.4, 0.5) is 24.5 Å². The average molecular weight is 472 g/mol. The van der Waals surface area contributed by atoms with E-state index in [0.717, 1.165) is 33.9 Å². The van der Waals surface area contributed by atoms with Crippen LogP contribution in [0.25, 0.3) is 16.7 Å². The summed E-state index contributed by atoms with van der Waals surface area (Å²) in [4.78, 5) is 39.9. The van der Waals surface area contributed by atoms with E-state index >= 15 is 0 Å². The zero-order chi connectivity index (χ0) is 24.6. The van der Waals surface area contributed by atoms with Gasteiger partial charge in [-0.2, -0.15) is 18.3 Å². The Balaban J connectivity index is 1.62. The van der Waals surface area contributed by atoms with Gasteiger partial charge in [0.1, 0.15) is 23.9 Å². The van der Waals surface area contributed by atoms with Crippen LogP contribution in [0.3, 0.4) is 0 Å². The van der Waals surface area contributed by atoms with Crippen molar-refractivity contribution in [1.29, 1.82) is 0 Å². The molecule has 34 heavy (non-hydrogen) atoms. The van der Waals surface area contributed by atoms with Crippen LogP contribution in [0.5, 0.6) is 0 Å². The fourth-order valence-corrected chi connectivity index (χ4v) is 3.31. The van der Waals surface area contributed by atoms with Crippen LogP contribution < -0.4 is 10.9 Å². The zero-order valence-electron chi connectivity index (χ0n) is 17.4. The molecule has 0 aliphatic heterocycles. The molecule has 0 atom stereocenters. The summed E-state index contributed by atoms with van der Waals surface area (Å²) in [5, 5.41) is 17.6. The molecule has 0 bridgehead atoms. The first-order valence-corrected chi connectivity index (χ1v) is 9.70. The number of amides is 1. The van der Waals surface area contributed by atoms with Crippen LogP contribution in [0.2, 0.25) is 0 Å². The van der Waals surface area contributed by atoms with E-state index in [1.165, 1.54) is 24.3 Å². The summed E-state index contributed by atoms with van der Waals surface area (Å²) < 4.78 is 41.2. The minimum Gasteiger partial charge on any atom is -0.319 e. The summed E-state index contributed by atoms with van der Waals surface area (Å²) in [5.41, 5.74) is -1.17. The number of hydrogen-bond acceptors (Lipinski definition) is 6. The van der Waals surface area contributed by atoms with Gasteiger partial charge in [0.2, 0.25) is 5.91 Å². The molecule has 2 heterocycles. The first-order chi connectivity index (χ1) is 16.0. The SMILES string of the molecule is Cc1ccc(NC(=O)Cn2cnc3c(cnn3-c3cccc(C(F)(F)F)c3)c2=O)c([N+](=O)[O-])c1. The van der Waals surface area contributed by atoms with Crippen LogP contribution in [-0.2, 0) is 17.5 Å². The highest BCUT2D eigenvalue weighted by molar-refractivity contribution is 5.93. The number of halogens is 3. The van der Waals surface area contributed by atoms with E-state index in [1.807, 2.05) is 0 Å². The van der Waals surface area contributed by atoms with E-state index in [9.17, 15) is 32.9 Å². The lowest BCUT2D eigenvalue weighted by atomic mass is 10.2. The molecule has 0 spiro atoms. The molecule has 0 fully saturated rings. The van der Waals surface area contributed by atoms with E-state index in [-0.39, 0.29) is 28.1 Å². The quantitative estimate of drug-likeness (QED) is 0.350. The fraction of sp³-hybridized carbons (Fsp3) is 0.143. The van der Waals surface area contributed by atoms with Crippen molar-refractivity contribution in [3.63, 3.8) is 0 Å². The largest absolute Gasteiger partial charge is 0.416 e. The second-order valence-corrected chi connectivity index (χ2v) is 7.35. The zero-order valence-corrected chi connectivity index (χ0v) is 17.4. The first kappa shape index (κ1) is 22.6. The number of hydrogen-bond donors (Lipinski definition) is 1. The Bertz CT molecular complexity index is 1490. The molecule has 10 nitrogen and oxygen atoms in total. The Labute approximate surface area is 188 Å². The van der Waals surface area contributed by atoms with Crippen LogP contribution in [0.15, 0.2) is 59.8 Å². The van der Waals surface area contributed by atoms with Crippen LogP contribution in [-0.4, -0.2) is 30.2 Å². The van der Waals surface area contributed by atoms with Gasteiger partial charge in [-0.1, -0.05) is 12.1 Å². The number of nitrogens with one attached hydrogen (secondary N) is 1. The normalized spacial score (nSPS) is 11.5. The van der Waals surface area contributed by atoms with Gasteiger partial charge in [-0.15, -0.1) is 0 Å². The number of rotatable bonds is 5. The fourth-order valence-electron chi connectivity index (χ4n) is 3.31. The number of aromatic nitrogens is 4. The van der Waals surface area contributed by atoms with Gasteiger partial charge in [0.15, 0.2) is 5.65 Å². The van der Waals surface area contributed by atoms with Crippen LogP contribution in [0.1, 0.15) is 11.1 Å². The molecule has 0 radical (unpaired) electrons. The predicted octanol–water partition coefficient (Wildman–Crippen LogP) is 3.46. The third-order valence-corrected chi connectivity index (χ3v) is 4.91. The van der Waals surface area contributed by atoms with Gasteiger partial charge in [-0.25, -0.2) is 9.67 Å². The summed E-state index contributed by atoms with van der Waals surface area (Å²) in [6, 6.07) is 8.66. The number of benzene rings is 2. The molecular weight excluding hydrogens is 457 g/mol. The second-order valence-electron chi connectivity index (χ2n) is 7.35. The van der Waals surface area contributed by atoms with Gasteiger partial charge in [0, 0.05) is 6.07 Å². The van der Waals surface area contributed by atoms with Crippen molar-refractivity contribution in [2.24, 2.45) is 0 Å².